The zero-order valence-corrected chi connectivity index (χ0v) is 17.9. The quantitative estimate of drug-likeness (QED) is 0.405. The Balaban J connectivity index is 1.79. The summed E-state index contributed by atoms with van der Waals surface area (Å²) in [5, 5.41) is 3.80. The van der Waals surface area contributed by atoms with Gasteiger partial charge in [0.25, 0.3) is 5.56 Å². The van der Waals surface area contributed by atoms with Gasteiger partial charge in [-0.2, -0.15) is 0 Å². The molecule has 0 radical (unpaired) electrons. The summed E-state index contributed by atoms with van der Waals surface area (Å²) in [6.07, 6.45) is 3.24. The molecule has 156 valence electrons. The highest BCUT2D eigenvalue weighted by atomic mass is 35.5. The van der Waals surface area contributed by atoms with Crippen LogP contribution >= 0.6 is 11.6 Å². The number of aliphatic imine (C=N–C) groups is 1. The zero-order valence-electron chi connectivity index (χ0n) is 17.2. The topological polar surface area (TPSA) is 68.0 Å². The highest BCUT2D eigenvalue weighted by molar-refractivity contribution is 6.30. The van der Waals surface area contributed by atoms with Gasteiger partial charge in [0, 0.05) is 23.1 Å². The molecule has 0 bridgehead atoms. The lowest BCUT2D eigenvalue weighted by Gasteiger charge is -2.12. The van der Waals surface area contributed by atoms with E-state index in [2.05, 4.69) is 10.3 Å². The molecule has 0 fully saturated rings. The number of benzene rings is 2. The van der Waals surface area contributed by atoms with E-state index in [0.717, 1.165) is 17.0 Å². The number of anilines is 2. The van der Waals surface area contributed by atoms with Gasteiger partial charge in [-0.15, -0.1) is 0 Å². The summed E-state index contributed by atoms with van der Waals surface area (Å²) in [7, 11) is 0. The van der Waals surface area contributed by atoms with Crippen LogP contribution in [0.1, 0.15) is 18.1 Å². The molecular weight excluding hydrogens is 412 g/mol. The summed E-state index contributed by atoms with van der Waals surface area (Å²) >= 11 is 6.12. The van der Waals surface area contributed by atoms with Crippen LogP contribution in [0.4, 0.5) is 17.2 Å². The van der Waals surface area contributed by atoms with Crippen LogP contribution in [0, 0.1) is 6.92 Å². The van der Waals surface area contributed by atoms with Gasteiger partial charge in [0.1, 0.15) is 22.8 Å². The van der Waals surface area contributed by atoms with E-state index in [1.54, 1.807) is 18.3 Å². The van der Waals surface area contributed by atoms with Crippen molar-refractivity contribution in [3.8, 4) is 5.75 Å². The number of nitrogens with one attached hydrogen (secondary N) is 1. The van der Waals surface area contributed by atoms with Gasteiger partial charge in [0.15, 0.2) is 0 Å². The van der Waals surface area contributed by atoms with Crippen molar-refractivity contribution in [1.82, 2.24) is 9.38 Å². The van der Waals surface area contributed by atoms with Crippen molar-refractivity contribution in [3.05, 3.63) is 93.4 Å². The standard InChI is InChI=1S/C24H21ClN4O2/c1-3-31-20-11-9-18(10-12-20)26-15-21-22(27-19-8-4-7-17(25)14-19)28-23-16(2)6-5-13-29(23)24(21)30/h4-15,27H,3H2,1-2H3. The normalized spacial score (nSPS) is 11.2. The van der Waals surface area contributed by atoms with Crippen LogP contribution in [0.15, 0.2) is 76.6 Å². The van der Waals surface area contributed by atoms with E-state index in [4.69, 9.17) is 21.3 Å². The lowest BCUT2D eigenvalue weighted by molar-refractivity contribution is 0.340. The van der Waals surface area contributed by atoms with Gasteiger partial charge in [-0.25, -0.2) is 4.98 Å². The van der Waals surface area contributed by atoms with Gasteiger partial charge in [-0.1, -0.05) is 23.7 Å². The number of pyridine rings is 1. The number of ether oxygens (including phenoxy) is 1. The molecule has 0 amide bonds. The molecule has 4 aromatic rings. The molecule has 0 atom stereocenters. The third-order valence-electron chi connectivity index (χ3n) is 4.66. The first kappa shape index (κ1) is 20.6. The van der Waals surface area contributed by atoms with Gasteiger partial charge < -0.3 is 10.1 Å². The van der Waals surface area contributed by atoms with E-state index in [-0.39, 0.29) is 5.56 Å². The molecule has 1 N–H and O–H groups in total. The molecule has 2 aromatic carbocycles. The maximum Gasteiger partial charge on any atom is 0.268 e. The zero-order chi connectivity index (χ0) is 21.8. The van der Waals surface area contributed by atoms with Crippen molar-refractivity contribution < 1.29 is 4.74 Å². The number of hydrogen-bond donors (Lipinski definition) is 1. The fourth-order valence-corrected chi connectivity index (χ4v) is 3.35. The van der Waals surface area contributed by atoms with E-state index in [1.807, 2.05) is 62.4 Å². The van der Waals surface area contributed by atoms with Crippen molar-refractivity contribution in [2.45, 2.75) is 13.8 Å². The monoisotopic (exact) mass is 432 g/mol. The predicted octanol–water partition coefficient (Wildman–Crippen LogP) is 5.55. The molecule has 2 heterocycles. The van der Waals surface area contributed by atoms with Gasteiger partial charge in [0.2, 0.25) is 0 Å². The fraction of sp³-hybridized carbons (Fsp3) is 0.125. The first-order chi connectivity index (χ1) is 15.0. The van der Waals surface area contributed by atoms with Crippen molar-refractivity contribution in [2.24, 2.45) is 4.99 Å². The lowest BCUT2D eigenvalue weighted by Crippen LogP contribution is -2.22. The summed E-state index contributed by atoms with van der Waals surface area (Å²) in [6.45, 7) is 4.45. The Kier molecular flexibility index (Phi) is 6.00. The number of rotatable bonds is 6. The van der Waals surface area contributed by atoms with Crippen LogP contribution < -0.4 is 15.6 Å². The molecule has 7 heteroatoms. The molecule has 6 nitrogen and oxygen atoms in total. The van der Waals surface area contributed by atoms with Crippen LogP contribution in [0.25, 0.3) is 5.65 Å². The SMILES string of the molecule is CCOc1ccc(N=Cc2c(Nc3cccc(Cl)c3)nc3c(C)cccn3c2=O)cc1. The molecule has 0 aliphatic carbocycles. The fourth-order valence-electron chi connectivity index (χ4n) is 3.16. The van der Waals surface area contributed by atoms with Crippen molar-refractivity contribution in [2.75, 3.05) is 11.9 Å². The first-order valence-electron chi connectivity index (χ1n) is 9.86. The number of nitrogens with zero attached hydrogens (tertiary/aromatic N) is 3. The highest BCUT2D eigenvalue weighted by Crippen LogP contribution is 2.22. The number of halogens is 1. The summed E-state index contributed by atoms with van der Waals surface area (Å²) in [5.41, 5.74) is 3.03. The third-order valence-corrected chi connectivity index (χ3v) is 4.90. The van der Waals surface area contributed by atoms with Gasteiger partial charge >= 0.3 is 0 Å². The second kappa shape index (κ2) is 9.02. The minimum absolute atomic E-state index is 0.215. The smallest absolute Gasteiger partial charge is 0.268 e. The first-order valence-corrected chi connectivity index (χ1v) is 10.2. The number of aryl methyl sites for hydroxylation is 1. The number of hydrogen-bond acceptors (Lipinski definition) is 5. The maximum absolute atomic E-state index is 13.3. The largest absolute Gasteiger partial charge is 0.494 e. The minimum atomic E-state index is -0.215. The average molecular weight is 433 g/mol. The molecule has 0 saturated carbocycles. The molecule has 31 heavy (non-hydrogen) atoms. The minimum Gasteiger partial charge on any atom is -0.494 e. The molecule has 4 rings (SSSR count). The Morgan fingerprint density at radius 3 is 2.71 bits per heavy atom. The molecule has 0 saturated heterocycles. The third kappa shape index (κ3) is 4.59. The van der Waals surface area contributed by atoms with E-state index in [0.29, 0.717) is 34.3 Å². The van der Waals surface area contributed by atoms with Crippen molar-refractivity contribution in [1.29, 1.82) is 0 Å². The van der Waals surface area contributed by atoms with Crippen LogP contribution in [-0.4, -0.2) is 22.2 Å². The summed E-state index contributed by atoms with van der Waals surface area (Å²) < 4.78 is 6.99. The molecule has 0 spiro atoms. The summed E-state index contributed by atoms with van der Waals surface area (Å²) in [4.78, 5) is 22.5. The van der Waals surface area contributed by atoms with Gasteiger partial charge in [-0.3, -0.25) is 14.2 Å². The average Bonchev–Trinajstić information content (AvgIpc) is 2.76. The Labute approximate surface area is 184 Å². The second-order valence-electron chi connectivity index (χ2n) is 6.88. The Bertz CT molecular complexity index is 1310. The van der Waals surface area contributed by atoms with E-state index >= 15 is 0 Å². The summed E-state index contributed by atoms with van der Waals surface area (Å²) in [6, 6.07) is 18.3. The van der Waals surface area contributed by atoms with Crippen molar-refractivity contribution >= 4 is 40.7 Å². The van der Waals surface area contributed by atoms with Crippen LogP contribution in [0.5, 0.6) is 5.75 Å². The van der Waals surface area contributed by atoms with E-state index in [9.17, 15) is 4.79 Å². The molecule has 2 aromatic heterocycles. The molecule has 0 aliphatic rings. The second-order valence-corrected chi connectivity index (χ2v) is 7.32. The maximum atomic E-state index is 13.3. The molecule has 0 unspecified atom stereocenters. The van der Waals surface area contributed by atoms with E-state index in [1.165, 1.54) is 10.6 Å². The highest BCUT2D eigenvalue weighted by Gasteiger charge is 2.13. The van der Waals surface area contributed by atoms with Crippen LogP contribution in [0.2, 0.25) is 5.02 Å². The van der Waals surface area contributed by atoms with Crippen LogP contribution in [-0.2, 0) is 0 Å². The summed E-state index contributed by atoms with van der Waals surface area (Å²) in [5.74, 6) is 1.18. The Morgan fingerprint density at radius 1 is 1.16 bits per heavy atom. The lowest BCUT2D eigenvalue weighted by atomic mass is 10.2. The molecular formula is C24H21ClN4O2. The van der Waals surface area contributed by atoms with Crippen LogP contribution in [0.3, 0.4) is 0 Å². The molecule has 0 aliphatic heterocycles. The Hall–Kier alpha value is -3.64. The van der Waals surface area contributed by atoms with Gasteiger partial charge in [-0.05, 0) is 67.9 Å². The Morgan fingerprint density at radius 2 is 1.97 bits per heavy atom. The predicted molar refractivity (Wildman–Crippen MR) is 126 cm³/mol. The van der Waals surface area contributed by atoms with Gasteiger partial charge in [0.05, 0.1) is 12.3 Å². The van der Waals surface area contributed by atoms with E-state index < -0.39 is 0 Å². The number of aromatic nitrogens is 2. The number of fused-ring (bicyclic) bond motifs is 1. The van der Waals surface area contributed by atoms with Crippen molar-refractivity contribution in [3.63, 3.8) is 0 Å².